The molecule has 1 unspecified atom stereocenters. The molecular weight excluding hydrogens is 494 g/mol. The molecule has 0 saturated carbocycles. The summed E-state index contributed by atoms with van der Waals surface area (Å²) in [5.74, 6) is -1.28. The Bertz CT molecular complexity index is 1650. The van der Waals surface area contributed by atoms with Gasteiger partial charge in [-0.1, -0.05) is 24.3 Å². The van der Waals surface area contributed by atoms with Crippen LogP contribution >= 0.6 is 0 Å². The van der Waals surface area contributed by atoms with Gasteiger partial charge in [-0.05, 0) is 53.6 Å². The van der Waals surface area contributed by atoms with Gasteiger partial charge < -0.3 is 20.3 Å². The quantitative estimate of drug-likeness (QED) is 0.323. The molecule has 2 aromatic carbocycles. The Labute approximate surface area is 213 Å². The molecule has 1 aliphatic rings. The molecule has 5 rings (SSSR count). The van der Waals surface area contributed by atoms with Crippen LogP contribution in [0.5, 0.6) is 0 Å². The topological polar surface area (TPSA) is 148 Å². The highest BCUT2D eigenvalue weighted by Gasteiger charge is 2.37. The highest BCUT2D eigenvalue weighted by atomic mass is 32.2. The number of benzene rings is 2. The number of nitrogens with zero attached hydrogens (tertiary/aromatic N) is 3. The number of aromatic nitrogens is 2. The van der Waals surface area contributed by atoms with Crippen molar-refractivity contribution in [2.24, 2.45) is 5.73 Å². The maximum Gasteiger partial charge on any atom is 0.352 e. The van der Waals surface area contributed by atoms with Gasteiger partial charge in [0.05, 0.1) is 12.2 Å². The first-order valence-electron chi connectivity index (χ1n) is 11.9. The molecule has 37 heavy (non-hydrogen) atoms. The van der Waals surface area contributed by atoms with Crippen molar-refractivity contribution in [3.63, 3.8) is 0 Å². The van der Waals surface area contributed by atoms with E-state index in [0.717, 1.165) is 10.8 Å². The van der Waals surface area contributed by atoms with Crippen molar-refractivity contribution in [2.45, 2.75) is 31.7 Å². The van der Waals surface area contributed by atoms with Gasteiger partial charge in [0.1, 0.15) is 16.6 Å². The Kier molecular flexibility index (Phi) is 6.34. The van der Waals surface area contributed by atoms with Crippen LogP contribution in [0.1, 0.15) is 35.1 Å². The maximum atomic E-state index is 13.2. The number of fused-ring (bicyclic) bond motifs is 2. The van der Waals surface area contributed by atoms with Crippen molar-refractivity contribution >= 4 is 49.4 Å². The summed E-state index contributed by atoms with van der Waals surface area (Å²) >= 11 is 0. The summed E-state index contributed by atoms with van der Waals surface area (Å²) in [7, 11) is -3.84. The summed E-state index contributed by atoms with van der Waals surface area (Å²) in [5, 5.41) is 11.3. The molecule has 192 valence electrons. The summed E-state index contributed by atoms with van der Waals surface area (Å²) in [5.41, 5.74) is 8.01. The number of hydrogen-bond donors (Lipinski definition) is 3. The molecule has 1 saturated heterocycles. The smallest absolute Gasteiger partial charge is 0.352 e. The molecule has 4 N–H and O–H groups in total. The fraction of sp³-hybridized carbons (Fsp3) is 0.269. The molecule has 0 radical (unpaired) electrons. The van der Waals surface area contributed by atoms with Crippen LogP contribution in [0.2, 0.25) is 0 Å². The van der Waals surface area contributed by atoms with Gasteiger partial charge in [-0.2, -0.15) is 0 Å². The minimum absolute atomic E-state index is 0.0594. The van der Waals surface area contributed by atoms with Crippen molar-refractivity contribution in [3.05, 3.63) is 71.5 Å². The third kappa shape index (κ3) is 4.63. The number of rotatable bonds is 8. The summed E-state index contributed by atoms with van der Waals surface area (Å²) in [6, 6.07) is 16.1. The second-order valence-electron chi connectivity index (χ2n) is 9.10. The number of nitrogens with one attached hydrogen (secondary N) is 1. The van der Waals surface area contributed by atoms with Gasteiger partial charge in [-0.3, -0.25) is 9.52 Å². The van der Waals surface area contributed by atoms with Crippen LogP contribution < -0.4 is 10.5 Å². The number of pyridine rings is 1. The lowest BCUT2D eigenvalue weighted by Crippen LogP contribution is -2.31. The van der Waals surface area contributed by atoms with E-state index in [1.807, 2.05) is 31.2 Å². The average molecular weight is 522 g/mol. The van der Waals surface area contributed by atoms with E-state index in [1.54, 1.807) is 34.9 Å². The Morgan fingerprint density at radius 3 is 2.65 bits per heavy atom. The van der Waals surface area contributed by atoms with Gasteiger partial charge in [0.2, 0.25) is 15.9 Å². The molecule has 10 nitrogen and oxygen atoms in total. The standard InChI is InChI=1S/C26H27N5O5S/c1-2-30-15-21(12-24(30)32)37(35,36)29-20-9-16-5-3-4-6-22(16)18(10-20)14-31-23(26(33)34)11-17-7-8-19(13-27)28-25(17)31/h3-11,21,29H,2,12-15,27H2,1H3,(H,33,34). The Balaban J connectivity index is 1.57. The molecule has 11 heteroatoms. The summed E-state index contributed by atoms with van der Waals surface area (Å²) in [6.07, 6.45) is -0.0594. The highest BCUT2D eigenvalue weighted by molar-refractivity contribution is 7.93. The van der Waals surface area contributed by atoms with E-state index < -0.39 is 21.2 Å². The number of nitrogens with two attached hydrogens (primary N) is 1. The van der Waals surface area contributed by atoms with Gasteiger partial charge in [-0.15, -0.1) is 0 Å². The van der Waals surface area contributed by atoms with E-state index in [0.29, 0.717) is 34.5 Å². The lowest BCUT2D eigenvalue weighted by atomic mass is 10.0. The number of hydrogen-bond acceptors (Lipinski definition) is 6. The number of carboxylic acids is 1. The summed E-state index contributed by atoms with van der Waals surface area (Å²) < 4.78 is 30.6. The van der Waals surface area contributed by atoms with Crippen molar-refractivity contribution in [1.82, 2.24) is 14.5 Å². The van der Waals surface area contributed by atoms with Crippen LogP contribution in [-0.2, 0) is 27.9 Å². The lowest BCUT2D eigenvalue weighted by Gasteiger charge is -2.17. The van der Waals surface area contributed by atoms with E-state index in [9.17, 15) is 23.1 Å². The number of sulfonamides is 1. The van der Waals surface area contributed by atoms with E-state index in [4.69, 9.17) is 5.73 Å². The molecule has 1 atom stereocenters. The second-order valence-corrected chi connectivity index (χ2v) is 11.1. The van der Waals surface area contributed by atoms with E-state index in [-0.39, 0.29) is 37.7 Å². The van der Waals surface area contributed by atoms with Crippen molar-refractivity contribution in [3.8, 4) is 0 Å². The fourth-order valence-corrected chi connectivity index (χ4v) is 6.22. The van der Waals surface area contributed by atoms with E-state index in [1.165, 1.54) is 4.90 Å². The van der Waals surface area contributed by atoms with Gasteiger partial charge in [0, 0.05) is 37.1 Å². The SMILES string of the molecule is CCN1CC(S(=O)(=O)Nc2cc(Cn3c(C(=O)O)cc4ccc(CN)nc43)c3ccccc3c2)CC1=O. The number of amides is 1. The van der Waals surface area contributed by atoms with Crippen molar-refractivity contribution in [1.29, 1.82) is 0 Å². The minimum atomic E-state index is -3.84. The third-order valence-electron chi connectivity index (χ3n) is 6.77. The van der Waals surface area contributed by atoms with Gasteiger partial charge >= 0.3 is 5.97 Å². The van der Waals surface area contributed by atoms with Gasteiger partial charge in [0.15, 0.2) is 0 Å². The Morgan fingerprint density at radius 2 is 1.95 bits per heavy atom. The normalized spacial score (nSPS) is 16.1. The number of carbonyl (C=O) groups is 2. The van der Waals surface area contributed by atoms with E-state index >= 15 is 0 Å². The number of carboxylic acid groups (broad SMARTS) is 1. The monoisotopic (exact) mass is 521 g/mol. The zero-order valence-corrected chi connectivity index (χ0v) is 21.0. The molecule has 4 aromatic rings. The number of anilines is 1. The molecule has 1 amide bonds. The molecular formula is C26H27N5O5S. The first kappa shape index (κ1) is 24.7. The average Bonchev–Trinajstić information content (AvgIpc) is 3.44. The predicted molar refractivity (Wildman–Crippen MR) is 141 cm³/mol. The Morgan fingerprint density at radius 1 is 1.16 bits per heavy atom. The molecule has 3 heterocycles. The largest absolute Gasteiger partial charge is 0.477 e. The Hall–Kier alpha value is -3.96. The van der Waals surface area contributed by atoms with E-state index in [2.05, 4.69) is 9.71 Å². The summed E-state index contributed by atoms with van der Waals surface area (Å²) in [4.78, 5) is 30.3. The van der Waals surface area contributed by atoms with Crippen LogP contribution in [0, 0.1) is 0 Å². The van der Waals surface area contributed by atoms with Crippen LogP contribution in [-0.4, -0.2) is 58.2 Å². The van der Waals surface area contributed by atoms with Gasteiger partial charge in [-0.25, -0.2) is 18.2 Å². The summed E-state index contributed by atoms with van der Waals surface area (Å²) in [6.45, 7) is 2.79. The molecule has 0 bridgehead atoms. The number of aromatic carboxylic acids is 1. The van der Waals surface area contributed by atoms with Crippen LogP contribution in [0.15, 0.2) is 54.6 Å². The van der Waals surface area contributed by atoms with Crippen LogP contribution in [0.25, 0.3) is 21.8 Å². The fourth-order valence-electron chi connectivity index (χ4n) is 4.86. The second kappa shape index (κ2) is 9.49. The number of likely N-dealkylation sites (tertiary alicyclic amines) is 1. The highest BCUT2D eigenvalue weighted by Crippen LogP contribution is 2.29. The zero-order chi connectivity index (χ0) is 26.3. The zero-order valence-electron chi connectivity index (χ0n) is 20.2. The molecule has 0 spiro atoms. The molecule has 2 aromatic heterocycles. The van der Waals surface area contributed by atoms with Gasteiger partial charge in [0.25, 0.3) is 0 Å². The minimum Gasteiger partial charge on any atom is -0.477 e. The number of carbonyl (C=O) groups excluding carboxylic acids is 1. The molecule has 0 aliphatic carbocycles. The third-order valence-corrected chi connectivity index (χ3v) is 8.48. The lowest BCUT2D eigenvalue weighted by molar-refractivity contribution is -0.127. The van der Waals surface area contributed by atoms with Crippen LogP contribution in [0.4, 0.5) is 5.69 Å². The van der Waals surface area contributed by atoms with Crippen molar-refractivity contribution in [2.75, 3.05) is 17.8 Å². The molecule has 1 fully saturated rings. The maximum absolute atomic E-state index is 13.2. The van der Waals surface area contributed by atoms with Crippen LogP contribution in [0.3, 0.4) is 0 Å². The first-order chi connectivity index (χ1) is 17.7. The first-order valence-corrected chi connectivity index (χ1v) is 13.5. The predicted octanol–water partition coefficient (Wildman–Crippen LogP) is 2.76. The molecule has 1 aliphatic heterocycles. The van der Waals surface area contributed by atoms with Crippen molar-refractivity contribution < 1.29 is 23.1 Å².